The number of hydrogen-bond donors (Lipinski definition) is 1. The zero-order valence-electron chi connectivity index (χ0n) is 11.3. The van der Waals surface area contributed by atoms with Crippen molar-refractivity contribution in [2.24, 2.45) is 5.73 Å². The second-order valence-corrected chi connectivity index (χ2v) is 5.85. The first kappa shape index (κ1) is 13.3. The molecule has 0 amide bonds. The van der Waals surface area contributed by atoms with Crippen LogP contribution in [0.3, 0.4) is 0 Å². The van der Waals surface area contributed by atoms with Crippen molar-refractivity contribution in [3.8, 4) is 11.5 Å². The molecule has 1 atom stereocenters. The molecule has 0 spiro atoms. The highest BCUT2D eigenvalue weighted by Gasteiger charge is 2.13. The third-order valence-electron chi connectivity index (χ3n) is 3.15. The molecule has 0 aromatic heterocycles. The van der Waals surface area contributed by atoms with Crippen molar-refractivity contribution in [1.29, 1.82) is 0 Å². The van der Waals surface area contributed by atoms with Crippen LogP contribution in [0.4, 0.5) is 0 Å². The van der Waals surface area contributed by atoms with Crippen molar-refractivity contribution >= 4 is 11.8 Å². The first-order valence-electron chi connectivity index (χ1n) is 6.66. The third-order valence-corrected chi connectivity index (χ3v) is 4.23. The molecule has 2 aromatic carbocycles. The van der Waals surface area contributed by atoms with E-state index < -0.39 is 0 Å². The summed E-state index contributed by atoms with van der Waals surface area (Å²) in [5.74, 6) is 1.64. The van der Waals surface area contributed by atoms with Crippen LogP contribution in [-0.4, -0.2) is 13.2 Å². The van der Waals surface area contributed by atoms with Gasteiger partial charge in [0, 0.05) is 15.8 Å². The average Bonchev–Trinajstić information content (AvgIpc) is 2.47. The predicted molar refractivity (Wildman–Crippen MR) is 80.6 cm³/mol. The van der Waals surface area contributed by atoms with E-state index in [0.29, 0.717) is 13.2 Å². The van der Waals surface area contributed by atoms with Crippen LogP contribution in [0.25, 0.3) is 0 Å². The average molecular weight is 287 g/mol. The second-order valence-electron chi connectivity index (χ2n) is 4.73. The van der Waals surface area contributed by atoms with Gasteiger partial charge in [0.05, 0.1) is 0 Å². The summed E-state index contributed by atoms with van der Waals surface area (Å²) in [6, 6.07) is 14.3. The van der Waals surface area contributed by atoms with E-state index in [-0.39, 0.29) is 6.04 Å². The van der Waals surface area contributed by atoms with Crippen molar-refractivity contribution in [1.82, 2.24) is 0 Å². The van der Waals surface area contributed by atoms with Crippen molar-refractivity contribution in [3.05, 3.63) is 48.0 Å². The van der Waals surface area contributed by atoms with Crippen molar-refractivity contribution in [2.75, 3.05) is 13.2 Å². The van der Waals surface area contributed by atoms with Crippen molar-refractivity contribution in [3.63, 3.8) is 0 Å². The van der Waals surface area contributed by atoms with Crippen LogP contribution < -0.4 is 15.2 Å². The predicted octanol–water partition coefficient (Wildman–Crippen LogP) is 3.63. The maximum atomic E-state index is 6.02. The van der Waals surface area contributed by atoms with E-state index in [4.69, 9.17) is 15.2 Å². The molecule has 0 radical (unpaired) electrons. The summed E-state index contributed by atoms with van der Waals surface area (Å²) in [7, 11) is 0. The van der Waals surface area contributed by atoms with E-state index in [1.54, 1.807) is 11.8 Å². The highest BCUT2D eigenvalue weighted by molar-refractivity contribution is 7.99. The number of ether oxygens (including phenoxy) is 2. The van der Waals surface area contributed by atoms with E-state index in [9.17, 15) is 0 Å². The zero-order valence-corrected chi connectivity index (χ0v) is 12.2. The van der Waals surface area contributed by atoms with Gasteiger partial charge >= 0.3 is 0 Å². The maximum absolute atomic E-state index is 6.02. The molecule has 20 heavy (non-hydrogen) atoms. The lowest BCUT2D eigenvalue weighted by molar-refractivity contribution is 0.171. The lowest BCUT2D eigenvalue weighted by Gasteiger charge is -2.19. The van der Waals surface area contributed by atoms with Gasteiger partial charge in [-0.2, -0.15) is 0 Å². The Balaban J connectivity index is 1.88. The van der Waals surface area contributed by atoms with Crippen molar-refractivity contribution in [2.45, 2.75) is 22.8 Å². The summed E-state index contributed by atoms with van der Waals surface area (Å²) in [5.41, 5.74) is 7.18. The monoisotopic (exact) mass is 287 g/mol. The Bertz CT molecular complexity index is 613. The molecule has 1 unspecified atom stereocenters. The van der Waals surface area contributed by atoms with Gasteiger partial charge in [0.15, 0.2) is 11.5 Å². The van der Waals surface area contributed by atoms with Gasteiger partial charge in [0.2, 0.25) is 0 Å². The minimum absolute atomic E-state index is 0.0240. The molecule has 0 bridgehead atoms. The quantitative estimate of drug-likeness (QED) is 0.936. The van der Waals surface area contributed by atoms with Gasteiger partial charge in [-0.25, -0.2) is 0 Å². The molecule has 0 fully saturated rings. The van der Waals surface area contributed by atoms with Gasteiger partial charge in [-0.1, -0.05) is 30.0 Å². The van der Waals surface area contributed by atoms with Crippen LogP contribution in [-0.2, 0) is 0 Å². The Morgan fingerprint density at radius 1 is 1.05 bits per heavy atom. The molecular formula is C16H17NO2S. The summed E-state index contributed by atoms with van der Waals surface area (Å²) < 4.78 is 11.2. The summed E-state index contributed by atoms with van der Waals surface area (Å²) in [4.78, 5) is 2.31. The molecule has 104 valence electrons. The lowest BCUT2D eigenvalue weighted by Crippen LogP contribution is -2.15. The Kier molecular flexibility index (Phi) is 3.85. The first-order valence-corrected chi connectivity index (χ1v) is 7.48. The van der Waals surface area contributed by atoms with Gasteiger partial charge < -0.3 is 15.2 Å². The SMILES string of the molecule is CC(N)c1ccccc1Sc1ccc2c(c1)OCCO2. The van der Waals surface area contributed by atoms with E-state index in [1.807, 2.05) is 31.2 Å². The molecule has 0 aliphatic carbocycles. The Morgan fingerprint density at radius 2 is 1.80 bits per heavy atom. The fourth-order valence-electron chi connectivity index (χ4n) is 2.16. The summed E-state index contributed by atoms with van der Waals surface area (Å²) >= 11 is 1.70. The normalized spacial score (nSPS) is 14.9. The largest absolute Gasteiger partial charge is 0.486 e. The van der Waals surface area contributed by atoms with E-state index >= 15 is 0 Å². The summed E-state index contributed by atoms with van der Waals surface area (Å²) in [5, 5.41) is 0. The van der Waals surface area contributed by atoms with Gasteiger partial charge in [-0.15, -0.1) is 0 Å². The second kappa shape index (κ2) is 5.77. The number of nitrogens with two attached hydrogens (primary N) is 1. The van der Waals surface area contributed by atoms with Gasteiger partial charge in [0.1, 0.15) is 13.2 Å². The first-order chi connectivity index (χ1) is 9.74. The molecule has 0 saturated heterocycles. The van der Waals surface area contributed by atoms with E-state index in [2.05, 4.69) is 18.2 Å². The third kappa shape index (κ3) is 2.76. The van der Waals surface area contributed by atoms with Crippen LogP contribution in [0, 0.1) is 0 Å². The Morgan fingerprint density at radius 3 is 2.60 bits per heavy atom. The van der Waals surface area contributed by atoms with Crippen LogP contribution in [0.5, 0.6) is 11.5 Å². The number of rotatable bonds is 3. The fourth-order valence-corrected chi connectivity index (χ4v) is 3.24. The molecule has 2 N–H and O–H groups in total. The highest BCUT2D eigenvalue weighted by atomic mass is 32.2. The molecule has 3 rings (SSSR count). The minimum Gasteiger partial charge on any atom is -0.486 e. The van der Waals surface area contributed by atoms with Crippen LogP contribution in [0.2, 0.25) is 0 Å². The van der Waals surface area contributed by atoms with Crippen LogP contribution in [0.1, 0.15) is 18.5 Å². The smallest absolute Gasteiger partial charge is 0.162 e. The topological polar surface area (TPSA) is 44.5 Å². The molecule has 1 heterocycles. The molecular weight excluding hydrogens is 270 g/mol. The minimum atomic E-state index is 0.0240. The van der Waals surface area contributed by atoms with E-state index in [1.165, 1.54) is 4.90 Å². The highest BCUT2D eigenvalue weighted by Crippen LogP contribution is 2.38. The Labute approximate surface area is 123 Å². The van der Waals surface area contributed by atoms with Gasteiger partial charge in [-0.05, 0) is 36.8 Å². The van der Waals surface area contributed by atoms with E-state index in [0.717, 1.165) is 22.0 Å². The molecule has 4 heteroatoms. The number of benzene rings is 2. The summed E-state index contributed by atoms with van der Waals surface area (Å²) in [6.45, 7) is 3.23. The molecule has 1 aliphatic heterocycles. The Hall–Kier alpha value is -1.65. The molecule has 3 nitrogen and oxygen atoms in total. The summed E-state index contributed by atoms with van der Waals surface area (Å²) in [6.07, 6.45) is 0. The zero-order chi connectivity index (χ0) is 13.9. The number of fused-ring (bicyclic) bond motifs is 1. The number of hydrogen-bond acceptors (Lipinski definition) is 4. The van der Waals surface area contributed by atoms with Gasteiger partial charge in [-0.3, -0.25) is 0 Å². The standard InChI is InChI=1S/C16H17NO2S/c1-11(17)13-4-2-3-5-16(13)20-12-6-7-14-15(10-12)19-9-8-18-14/h2-7,10-11H,8-9,17H2,1H3. The van der Waals surface area contributed by atoms with Gasteiger partial charge in [0.25, 0.3) is 0 Å². The maximum Gasteiger partial charge on any atom is 0.162 e. The van der Waals surface area contributed by atoms with Crippen LogP contribution >= 0.6 is 11.8 Å². The molecule has 2 aromatic rings. The van der Waals surface area contributed by atoms with Crippen LogP contribution in [0.15, 0.2) is 52.3 Å². The molecule has 1 aliphatic rings. The molecule has 0 saturated carbocycles. The fraction of sp³-hybridized carbons (Fsp3) is 0.250. The van der Waals surface area contributed by atoms with Crippen molar-refractivity contribution < 1.29 is 9.47 Å². The lowest BCUT2D eigenvalue weighted by atomic mass is 10.1.